The molecule has 4 heteroatoms. The molecule has 0 spiro atoms. The van der Waals surface area contributed by atoms with Crippen molar-refractivity contribution >= 4 is 32.5 Å². The van der Waals surface area contributed by atoms with Crippen LogP contribution in [0.5, 0.6) is 0 Å². The van der Waals surface area contributed by atoms with E-state index in [4.69, 9.17) is 0 Å². The zero-order valence-corrected chi connectivity index (χ0v) is 11.9. The largest absolute Gasteiger partial charge is 0.287 e. The highest BCUT2D eigenvalue weighted by Crippen LogP contribution is 2.22. The van der Waals surface area contributed by atoms with Crippen molar-refractivity contribution in [1.29, 1.82) is 0 Å². The zero-order valence-electron chi connectivity index (χ0n) is 10.3. The molecule has 1 aromatic heterocycles. The number of carbonyl (C=O) groups is 1. The fourth-order valence-electron chi connectivity index (χ4n) is 2.10. The van der Waals surface area contributed by atoms with Gasteiger partial charge < -0.3 is 0 Å². The van der Waals surface area contributed by atoms with E-state index in [0.717, 1.165) is 15.2 Å². The summed E-state index contributed by atoms with van der Waals surface area (Å²) >= 11 is 3.44. The number of rotatable bonds is 2. The maximum absolute atomic E-state index is 12.4. The smallest absolute Gasteiger partial charge is 0.211 e. The second-order valence-electron chi connectivity index (χ2n) is 4.38. The van der Waals surface area contributed by atoms with Crippen LogP contribution in [0.3, 0.4) is 0 Å². The average Bonchev–Trinajstić information content (AvgIpc) is 2.83. The Hall–Kier alpha value is -1.94. The van der Waals surface area contributed by atoms with Crippen LogP contribution in [0.2, 0.25) is 0 Å². The molecule has 3 nitrogen and oxygen atoms in total. The number of nitrogens with zero attached hydrogens (tertiary/aromatic N) is 2. The molecule has 0 aliphatic rings. The lowest BCUT2D eigenvalue weighted by Gasteiger charge is -2.04. The Morgan fingerprint density at radius 2 is 1.84 bits per heavy atom. The van der Waals surface area contributed by atoms with Gasteiger partial charge in [0, 0.05) is 23.3 Å². The molecule has 0 radical (unpaired) electrons. The highest BCUT2D eigenvalue weighted by Gasteiger charge is 2.12. The molecule has 0 saturated heterocycles. The molecule has 94 valence electrons. The van der Waals surface area contributed by atoms with Gasteiger partial charge in [-0.15, -0.1) is 0 Å². The monoisotopic (exact) mass is 314 g/mol. The average molecular weight is 315 g/mol. The molecule has 0 unspecified atom stereocenters. The minimum absolute atomic E-state index is 0.00943. The minimum Gasteiger partial charge on any atom is -0.287 e. The predicted molar refractivity (Wildman–Crippen MR) is 78.3 cm³/mol. The van der Waals surface area contributed by atoms with E-state index in [9.17, 15) is 4.79 Å². The number of benzene rings is 2. The summed E-state index contributed by atoms with van der Waals surface area (Å²) in [5, 5.41) is 6.19. The highest BCUT2D eigenvalue weighted by atomic mass is 79.9. The molecular formula is C15H11BrN2O. The van der Waals surface area contributed by atoms with E-state index in [0.29, 0.717) is 11.3 Å². The van der Waals surface area contributed by atoms with Crippen LogP contribution in [-0.2, 0) is 7.05 Å². The summed E-state index contributed by atoms with van der Waals surface area (Å²) in [7, 11) is 1.77. The Labute approximate surface area is 119 Å². The van der Waals surface area contributed by atoms with E-state index in [1.54, 1.807) is 24.0 Å². The summed E-state index contributed by atoms with van der Waals surface area (Å²) in [5.41, 5.74) is 1.27. The van der Waals surface area contributed by atoms with Gasteiger partial charge in [-0.2, -0.15) is 5.10 Å². The number of aromatic nitrogens is 2. The number of halogens is 1. The van der Waals surface area contributed by atoms with Crippen molar-refractivity contribution in [3.05, 3.63) is 64.4 Å². The fourth-order valence-corrected chi connectivity index (χ4v) is 2.48. The first-order valence-corrected chi connectivity index (χ1v) is 6.66. The standard InChI is InChI=1S/C15H11BrN2O/c1-18-14(6-7-17-18)15(19)12-3-2-11-9-13(16)5-4-10(11)8-12/h2-9H,1H3. The van der Waals surface area contributed by atoms with Gasteiger partial charge >= 0.3 is 0 Å². The molecule has 2 aromatic carbocycles. The molecule has 0 aliphatic carbocycles. The van der Waals surface area contributed by atoms with Crippen LogP contribution in [0, 0.1) is 0 Å². The maximum atomic E-state index is 12.4. The Balaban J connectivity index is 2.09. The van der Waals surface area contributed by atoms with Crippen LogP contribution in [-0.4, -0.2) is 15.6 Å². The van der Waals surface area contributed by atoms with Crippen molar-refractivity contribution in [2.45, 2.75) is 0 Å². The van der Waals surface area contributed by atoms with Gasteiger partial charge in [0.2, 0.25) is 5.78 Å². The van der Waals surface area contributed by atoms with Crippen molar-refractivity contribution in [3.63, 3.8) is 0 Å². The SMILES string of the molecule is Cn1nccc1C(=O)c1ccc2cc(Br)ccc2c1. The molecular weight excluding hydrogens is 304 g/mol. The number of hydrogen-bond acceptors (Lipinski definition) is 2. The molecule has 0 bridgehead atoms. The summed E-state index contributed by atoms with van der Waals surface area (Å²) < 4.78 is 2.62. The molecule has 0 aliphatic heterocycles. The van der Waals surface area contributed by atoms with Crippen LogP contribution in [0.1, 0.15) is 16.1 Å². The minimum atomic E-state index is -0.00943. The summed E-state index contributed by atoms with van der Waals surface area (Å²) in [6.45, 7) is 0. The summed E-state index contributed by atoms with van der Waals surface area (Å²) in [5.74, 6) is -0.00943. The van der Waals surface area contributed by atoms with Crippen molar-refractivity contribution < 1.29 is 4.79 Å². The molecule has 3 rings (SSSR count). The lowest BCUT2D eigenvalue weighted by Crippen LogP contribution is -2.08. The topological polar surface area (TPSA) is 34.9 Å². The van der Waals surface area contributed by atoms with E-state index >= 15 is 0 Å². The lowest BCUT2D eigenvalue weighted by molar-refractivity contribution is 0.103. The van der Waals surface area contributed by atoms with Crippen LogP contribution in [0.4, 0.5) is 0 Å². The number of aryl methyl sites for hydroxylation is 1. The summed E-state index contributed by atoms with van der Waals surface area (Å²) in [6.07, 6.45) is 1.63. The molecule has 0 saturated carbocycles. The van der Waals surface area contributed by atoms with Crippen molar-refractivity contribution in [2.24, 2.45) is 7.05 Å². The first-order chi connectivity index (χ1) is 9.15. The molecule has 19 heavy (non-hydrogen) atoms. The number of carbonyl (C=O) groups excluding carboxylic acids is 1. The molecule has 0 amide bonds. The van der Waals surface area contributed by atoms with Gasteiger partial charge in [0.15, 0.2) is 0 Å². The van der Waals surface area contributed by atoms with Crippen molar-refractivity contribution in [3.8, 4) is 0 Å². The van der Waals surface area contributed by atoms with Gasteiger partial charge in [-0.3, -0.25) is 9.48 Å². The van der Waals surface area contributed by atoms with E-state index in [-0.39, 0.29) is 5.78 Å². The number of ketones is 1. The Morgan fingerprint density at radius 3 is 2.58 bits per heavy atom. The zero-order chi connectivity index (χ0) is 13.4. The normalized spacial score (nSPS) is 10.8. The maximum Gasteiger partial charge on any atom is 0.211 e. The lowest BCUT2D eigenvalue weighted by atomic mass is 10.0. The Kier molecular flexibility index (Phi) is 2.95. The molecule has 0 fully saturated rings. The van der Waals surface area contributed by atoms with Gasteiger partial charge in [-0.1, -0.05) is 34.1 Å². The molecule has 0 N–H and O–H groups in total. The van der Waals surface area contributed by atoms with E-state index in [1.807, 2.05) is 36.4 Å². The fraction of sp³-hybridized carbons (Fsp3) is 0.0667. The van der Waals surface area contributed by atoms with Crippen molar-refractivity contribution in [1.82, 2.24) is 9.78 Å². The van der Waals surface area contributed by atoms with Gasteiger partial charge in [0.25, 0.3) is 0 Å². The number of fused-ring (bicyclic) bond motifs is 1. The second kappa shape index (κ2) is 4.63. The van der Waals surface area contributed by atoms with Crippen molar-refractivity contribution in [2.75, 3.05) is 0 Å². The van der Waals surface area contributed by atoms with Gasteiger partial charge in [-0.25, -0.2) is 0 Å². The predicted octanol–water partition coefficient (Wildman–Crippen LogP) is 3.57. The Bertz CT molecular complexity index is 777. The van der Waals surface area contributed by atoms with Gasteiger partial charge in [0.05, 0.1) is 0 Å². The third kappa shape index (κ3) is 2.19. The first kappa shape index (κ1) is 12.1. The van der Waals surface area contributed by atoms with E-state index < -0.39 is 0 Å². The van der Waals surface area contributed by atoms with Crippen LogP contribution in [0.15, 0.2) is 53.1 Å². The van der Waals surface area contributed by atoms with Crippen LogP contribution >= 0.6 is 15.9 Å². The third-order valence-corrected chi connectivity index (χ3v) is 3.61. The highest BCUT2D eigenvalue weighted by molar-refractivity contribution is 9.10. The van der Waals surface area contributed by atoms with Gasteiger partial charge in [-0.05, 0) is 35.0 Å². The summed E-state index contributed by atoms with van der Waals surface area (Å²) in [6, 6.07) is 13.5. The molecule has 1 heterocycles. The summed E-state index contributed by atoms with van der Waals surface area (Å²) in [4.78, 5) is 12.4. The van der Waals surface area contributed by atoms with E-state index in [1.165, 1.54) is 0 Å². The third-order valence-electron chi connectivity index (χ3n) is 3.12. The number of hydrogen-bond donors (Lipinski definition) is 0. The van der Waals surface area contributed by atoms with E-state index in [2.05, 4.69) is 21.0 Å². The quantitative estimate of drug-likeness (QED) is 0.678. The molecule has 3 aromatic rings. The Morgan fingerprint density at radius 1 is 1.11 bits per heavy atom. The van der Waals surface area contributed by atoms with Crippen LogP contribution < -0.4 is 0 Å². The second-order valence-corrected chi connectivity index (χ2v) is 5.29. The first-order valence-electron chi connectivity index (χ1n) is 5.87. The molecule has 0 atom stereocenters. The van der Waals surface area contributed by atoms with Gasteiger partial charge in [0.1, 0.15) is 5.69 Å². The van der Waals surface area contributed by atoms with Crippen LogP contribution in [0.25, 0.3) is 10.8 Å².